The number of ether oxygens (including phenoxy) is 2. The van der Waals surface area contributed by atoms with E-state index in [1.807, 2.05) is 19.7 Å². The maximum Gasteiger partial charge on any atom is 0.0711 e. The maximum absolute atomic E-state index is 6.32. The first kappa shape index (κ1) is 35.8. The van der Waals surface area contributed by atoms with Crippen LogP contribution in [0.15, 0.2) is 0 Å². The van der Waals surface area contributed by atoms with Crippen molar-refractivity contribution in [2.24, 2.45) is 0 Å². The molecule has 0 aromatic heterocycles. The Morgan fingerprint density at radius 2 is 0.912 bits per heavy atom. The molecule has 0 bridgehead atoms. The Morgan fingerprint density at radius 3 is 1.24 bits per heavy atom. The van der Waals surface area contributed by atoms with Crippen molar-refractivity contribution < 1.29 is 9.47 Å². The highest BCUT2D eigenvalue weighted by Crippen LogP contribution is 2.43. The number of hydrogen-bond donors (Lipinski definition) is 0. The van der Waals surface area contributed by atoms with Crippen LogP contribution in [0.2, 0.25) is 24.2 Å². The van der Waals surface area contributed by atoms with E-state index >= 15 is 0 Å². The van der Waals surface area contributed by atoms with E-state index in [1.165, 1.54) is 99.9 Å². The van der Waals surface area contributed by atoms with Gasteiger partial charge >= 0.3 is 0 Å². The average molecular weight is 587 g/mol. The molecule has 2 atom stereocenters. The van der Waals surface area contributed by atoms with Crippen LogP contribution in [-0.4, -0.2) is 53.8 Å². The molecule has 2 unspecified atom stereocenters. The van der Waals surface area contributed by atoms with Gasteiger partial charge in [0.15, 0.2) is 0 Å². The molecule has 0 fully saturated rings. The number of rotatable bonds is 27. The summed E-state index contributed by atoms with van der Waals surface area (Å²) in [7, 11) is 6.67. The van der Waals surface area contributed by atoms with Gasteiger partial charge in [-0.2, -0.15) is 0 Å². The summed E-state index contributed by atoms with van der Waals surface area (Å²) >= 11 is 0. The summed E-state index contributed by atoms with van der Waals surface area (Å²) in [5.74, 6) is 2.56. The lowest BCUT2D eigenvalue weighted by Gasteiger charge is -2.24. The molecule has 0 rings (SSSR count). The third-order valence-electron chi connectivity index (χ3n) is 6.87. The van der Waals surface area contributed by atoms with Crippen LogP contribution in [0.5, 0.6) is 0 Å². The third kappa shape index (κ3) is 19.8. The highest BCUT2D eigenvalue weighted by atomic mass is 33.7. The quantitative estimate of drug-likeness (QED) is 0.0537. The lowest BCUT2D eigenvalue weighted by molar-refractivity contribution is 0.0918. The van der Waals surface area contributed by atoms with E-state index < -0.39 is 17.6 Å². The summed E-state index contributed by atoms with van der Waals surface area (Å²) in [5.41, 5.74) is 1.24. The van der Waals surface area contributed by atoms with Crippen molar-refractivity contribution in [3.8, 4) is 0 Å². The molecule has 0 saturated carbocycles. The molecular formula is C26H58O2S4Si2. The van der Waals surface area contributed by atoms with Crippen LogP contribution in [-0.2, 0) is 9.47 Å². The Labute approximate surface area is 233 Å². The zero-order chi connectivity index (χ0) is 25.3. The van der Waals surface area contributed by atoms with Crippen molar-refractivity contribution in [2.45, 2.75) is 141 Å². The second kappa shape index (κ2) is 27.8. The molecule has 34 heavy (non-hydrogen) atoms. The van der Waals surface area contributed by atoms with Crippen LogP contribution in [0.3, 0.4) is 0 Å². The summed E-state index contributed by atoms with van der Waals surface area (Å²) in [5, 5.41) is 0. The van der Waals surface area contributed by atoms with Crippen LogP contribution in [0.25, 0.3) is 0 Å². The van der Waals surface area contributed by atoms with E-state index in [4.69, 9.17) is 9.47 Å². The van der Waals surface area contributed by atoms with E-state index in [1.54, 1.807) is 0 Å². The Hall–Kier alpha value is 1.75. The highest BCUT2D eigenvalue weighted by molar-refractivity contribution is 9.26. The van der Waals surface area contributed by atoms with Crippen molar-refractivity contribution in [1.82, 2.24) is 0 Å². The second-order valence-electron chi connectivity index (χ2n) is 9.45. The van der Waals surface area contributed by atoms with E-state index in [-0.39, 0.29) is 0 Å². The predicted molar refractivity (Wildman–Crippen MR) is 173 cm³/mol. The fourth-order valence-corrected chi connectivity index (χ4v) is 16.2. The van der Waals surface area contributed by atoms with Gasteiger partial charge in [0.05, 0.1) is 17.6 Å². The minimum atomic E-state index is -0.706. The van der Waals surface area contributed by atoms with Crippen molar-refractivity contribution in [3.05, 3.63) is 0 Å². The third-order valence-corrected chi connectivity index (χ3v) is 20.8. The van der Waals surface area contributed by atoms with E-state index in [9.17, 15) is 0 Å². The van der Waals surface area contributed by atoms with Crippen LogP contribution < -0.4 is 0 Å². The number of hydrogen-bond acceptors (Lipinski definition) is 6. The Morgan fingerprint density at radius 1 is 0.529 bits per heavy atom. The molecule has 0 aliphatic carbocycles. The summed E-state index contributed by atoms with van der Waals surface area (Å²) in [4.78, 5) is 0. The summed E-state index contributed by atoms with van der Waals surface area (Å²) in [6, 6.07) is 5.55. The van der Waals surface area contributed by atoms with Gasteiger partial charge in [-0.1, -0.05) is 113 Å². The smallest absolute Gasteiger partial charge is 0.0711 e. The van der Waals surface area contributed by atoms with Gasteiger partial charge in [-0.15, -0.1) is 0 Å². The SMILES string of the molecule is CCCCOC(CCCCSSSSCCCCC(OCCCC)[SiH](CC)CC)[SiH](CC)CC. The van der Waals surface area contributed by atoms with Crippen LogP contribution >= 0.6 is 41.2 Å². The summed E-state index contributed by atoms with van der Waals surface area (Å²) < 4.78 is 12.6. The van der Waals surface area contributed by atoms with Gasteiger partial charge in [0, 0.05) is 36.2 Å². The molecule has 0 aliphatic heterocycles. The minimum Gasteiger partial charge on any atom is -0.382 e. The first-order valence-corrected chi connectivity index (χ1v) is 24.2. The Kier molecular flexibility index (Phi) is 29.2. The van der Waals surface area contributed by atoms with Crippen molar-refractivity contribution >= 4 is 58.8 Å². The molecule has 2 nitrogen and oxygen atoms in total. The molecule has 0 aromatic rings. The molecule has 0 amide bonds. The van der Waals surface area contributed by atoms with E-state index in [0.29, 0.717) is 11.5 Å². The Bertz CT molecular complexity index is 367. The first-order chi connectivity index (χ1) is 16.7. The highest BCUT2D eigenvalue weighted by Gasteiger charge is 2.21. The van der Waals surface area contributed by atoms with Gasteiger partial charge in [0.1, 0.15) is 0 Å². The van der Waals surface area contributed by atoms with Crippen molar-refractivity contribution in [2.75, 3.05) is 24.7 Å². The molecule has 0 saturated heterocycles. The molecular weight excluding hydrogens is 529 g/mol. The first-order valence-electron chi connectivity index (χ1n) is 14.5. The fraction of sp³-hybridized carbons (Fsp3) is 1.00. The molecule has 0 N–H and O–H groups in total. The summed E-state index contributed by atoms with van der Waals surface area (Å²) in [6.45, 7) is 16.0. The molecule has 0 spiro atoms. The maximum atomic E-state index is 6.32. The van der Waals surface area contributed by atoms with Gasteiger partial charge in [0.25, 0.3) is 0 Å². The second-order valence-corrected chi connectivity index (χ2v) is 23.5. The van der Waals surface area contributed by atoms with Crippen molar-refractivity contribution in [3.63, 3.8) is 0 Å². The average Bonchev–Trinajstić information content (AvgIpc) is 2.85. The topological polar surface area (TPSA) is 18.5 Å². The lowest BCUT2D eigenvalue weighted by atomic mass is 10.2. The monoisotopic (exact) mass is 586 g/mol. The summed E-state index contributed by atoms with van der Waals surface area (Å²) in [6.07, 6.45) is 12.9. The minimum absolute atomic E-state index is 0.619. The van der Waals surface area contributed by atoms with Gasteiger partial charge in [-0.3, -0.25) is 0 Å². The van der Waals surface area contributed by atoms with Gasteiger partial charge in [0.2, 0.25) is 0 Å². The van der Waals surface area contributed by atoms with Crippen LogP contribution in [0.4, 0.5) is 0 Å². The largest absolute Gasteiger partial charge is 0.382 e. The molecule has 8 heteroatoms. The molecule has 0 radical (unpaired) electrons. The molecule has 206 valence electrons. The fourth-order valence-electron chi connectivity index (χ4n) is 4.42. The lowest BCUT2D eigenvalue weighted by Crippen LogP contribution is -2.32. The number of unbranched alkanes of at least 4 members (excludes halogenated alkanes) is 4. The molecule has 0 aliphatic rings. The van der Waals surface area contributed by atoms with Crippen LogP contribution in [0, 0.1) is 0 Å². The van der Waals surface area contributed by atoms with Gasteiger partial charge in [-0.05, 0) is 58.2 Å². The van der Waals surface area contributed by atoms with Gasteiger partial charge in [-0.25, -0.2) is 0 Å². The zero-order valence-electron chi connectivity index (χ0n) is 23.5. The standard InChI is InChI=1S/C26H58O2S4Si2/c1-7-13-21-27-25(33(9-3)10-4)19-15-17-23-29-31-32-30-24-18-16-20-26(28-22-14-8-2)34(11-5)12-6/h25-26,33-34H,7-24H2,1-6H3. The van der Waals surface area contributed by atoms with E-state index in [2.05, 4.69) is 63.1 Å². The van der Waals surface area contributed by atoms with Crippen molar-refractivity contribution in [1.29, 1.82) is 0 Å². The van der Waals surface area contributed by atoms with E-state index in [0.717, 1.165) is 13.2 Å². The molecule has 0 heterocycles. The predicted octanol–water partition coefficient (Wildman–Crippen LogP) is 9.99. The Balaban J connectivity index is 3.78. The molecule has 0 aromatic carbocycles. The van der Waals surface area contributed by atoms with Gasteiger partial charge < -0.3 is 9.47 Å². The zero-order valence-corrected chi connectivity index (χ0v) is 29.1. The normalized spacial score (nSPS) is 13.8. The van der Waals surface area contributed by atoms with Crippen LogP contribution in [0.1, 0.15) is 106 Å².